The van der Waals surface area contributed by atoms with Crippen LogP contribution in [0.25, 0.3) is 11.1 Å². The largest absolute Gasteiger partial charge is 0.496 e. The number of nitrogens with one attached hydrogen (secondary N) is 1. The molecule has 0 amide bonds. The van der Waals surface area contributed by atoms with Gasteiger partial charge in [-0.05, 0) is 73.0 Å². The van der Waals surface area contributed by atoms with Crippen LogP contribution in [0, 0.1) is 25.2 Å². The topological polar surface area (TPSA) is 106 Å². The van der Waals surface area contributed by atoms with E-state index in [-0.39, 0.29) is 5.82 Å². The molecule has 0 unspecified atom stereocenters. The Bertz CT molecular complexity index is 1320. The molecule has 0 saturated heterocycles. The van der Waals surface area contributed by atoms with Gasteiger partial charge in [-0.2, -0.15) is 15.2 Å². The zero-order valence-corrected chi connectivity index (χ0v) is 18.6. The second-order valence-electron chi connectivity index (χ2n) is 7.51. The van der Waals surface area contributed by atoms with Crippen molar-refractivity contribution >= 4 is 17.5 Å². The van der Waals surface area contributed by atoms with E-state index in [0.29, 0.717) is 23.1 Å². The highest BCUT2D eigenvalue weighted by Crippen LogP contribution is 2.36. The Kier molecular flexibility index (Phi) is 6.09. The maximum atomic E-state index is 8.95. The number of aromatic nitrogens is 2. The van der Waals surface area contributed by atoms with Crippen molar-refractivity contribution in [3.63, 3.8) is 0 Å². The van der Waals surface area contributed by atoms with Crippen LogP contribution in [0.2, 0.25) is 0 Å². The minimum Gasteiger partial charge on any atom is -0.496 e. The molecule has 7 heteroatoms. The van der Waals surface area contributed by atoms with E-state index < -0.39 is 0 Å². The van der Waals surface area contributed by atoms with Gasteiger partial charge in [0.15, 0.2) is 0 Å². The molecule has 0 radical (unpaired) electrons. The molecule has 0 bridgehead atoms. The number of ether oxygens (including phenoxy) is 2. The minimum absolute atomic E-state index is 0.275. The molecule has 4 rings (SSSR count). The second kappa shape index (κ2) is 9.28. The van der Waals surface area contributed by atoms with Gasteiger partial charge in [-0.1, -0.05) is 18.2 Å². The maximum absolute atomic E-state index is 8.95. The summed E-state index contributed by atoms with van der Waals surface area (Å²) in [6, 6.07) is 22.7. The summed E-state index contributed by atoms with van der Waals surface area (Å²) in [6.45, 7) is 3.98. The van der Waals surface area contributed by atoms with Crippen LogP contribution in [-0.4, -0.2) is 17.1 Å². The van der Waals surface area contributed by atoms with E-state index in [1.54, 1.807) is 37.4 Å². The molecule has 1 heterocycles. The van der Waals surface area contributed by atoms with E-state index in [4.69, 9.17) is 20.5 Å². The third-order valence-electron chi connectivity index (χ3n) is 5.08. The quantitative estimate of drug-likeness (QED) is 0.395. The molecule has 164 valence electrons. The number of hydrogen-bond donors (Lipinski definition) is 2. The Balaban J connectivity index is 1.61. The first-order valence-corrected chi connectivity index (χ1v) is 10.3. The number of hydrogen-bond acceptors (Lipinski definition) is 7. The summed E-state index contributed by atoms with van der Waals surface area (Å²) in [5.74, 6) is 2.42. The molecule has 0 atom stereocenters. The van der Waals surface area contributed by atoms with Gasteiger partial charge in [0.05, 0.1) is 18.7 Å². The van der Waals surface area contributed by atoms with Crippen molar-refractivity contribution in [3.05, 3.63) is 83.4 Å². The number of nitriles is 1. The van der Waals surface area contributed by atoms with E-state index in [2.05, 4.69) is 33.5 Å². The van der Waals surface area contributed by atoms with Gasteiger partial charge in [-0.25, -0.2) is 0 Å². The van der Waals surface area contributed by atoms with Gasteiger partial charge >= 0.3 is 0 Å². The average molecular weight is 438 g/mol. The van der Waals surface area contributed by atoms with Crippen LogP contribution in [0.4, 0.5) is 17.5 Å². The number of nitrogen functional groups attached to an aromatic ring is 1. The molecule has 33 heavy (non-hydrogen) atoms. The molecule has 7 nitrogen and oxygen atoms in total. The molecule has 4 aromatic rings. The number of methoxy groups -OCH3 is 1. The number of nitrogens with two attached hydrogens (primary N) is 1. The summed E-state index contributed by atoms with van der Waals surface area (Å²) in [5.41, 5.74) is 11.3. The highest BCUT2D eigenvalue weighted by atomic mass is 16.5. The second-order valence-corrected chi connectivity index (χ2v) is 7.51. The van der Waals surface area contributed by atoms with E-state index >= 15 is 0 Å². The van der Waals surface area contributed by atoms with Crippen LogP contribution in [-0.2, 0) is 0 Å². The van der Waals surface area contributed by atoms with Crippen molar-refractivity contribution in [1.82, 2.24) is 9.97 Å². The molecular formula is C26H23N5O2. The van der Waals surface area contributed by atoms with Crippen LogP contribution >= 0.6 is 0 Å². The number of nitrogens with zero attached hydrogens (tertiary/aromatic N) is 3. The fraction of sp³-hybridized carbons (Fsp3) is 0.115. The number of para-hydroxylation sites is 1. The fourth-order valence-electron chi connectivity index (χ4n) is 3.56. The first-order chi connectivity index (χ1) is 16.0. The Hall–Kier alpha value is -4.57. The van der Waals surface area contributed by atoms with E-state index in [0.717, 1.165) is 33.7 Å². The molecule has 0 saturated carbocycles. The third kappa shape index (κ3) is 4.86. The summed E-state index contributed by atoms with van der Waals surface area (Å²) >= 11 is 0. The molecule has 0 aliphatic rings. The number of benzene rings is 3. The van der Waals surface area contributed by atoms with Crippen molar-refractivity contribution < 1.29 is 9.47 Å². The highest BCUT2D eigenvalue weighted by Gasteiger charge is 2.13. The highest BCUT2D eigenvalue weighted by molar-refractivity contribution is 5.73. The van der Waals surface area contributed by atoms with Gasteiger partial charge in [-0.15, -0.1) is 0 Å². The standard InChI is InChI=1S/C26H23N5O2/c1-16-12-19(21-6-4-5-7-22(21)32-3)13-17(2)25(16)33-24-14-23(28)30-26(31-24)29-20-10-8-18(15-27)9-11-20/h4-14H,1-3H3,(H3,28,29,30,31). The van der Waals surface area contributed by atoms with Crippen LogP contribution in [0.3, 0.4) is 0 Å². The third-order valence-corrected chi connectivity index (χ3v) is 5.08. The summed E-state index contributed by atoms with van der Waals surface area (Å²) in [7, 11) is 1.67. The van der Waals surface area contributed by atoms with E-state index in [1.807, 2.05) is 38.1 Å². The Labute approximate surface area is 192 Å². The first kappa shape index (κ1) is 21.7. The normalized spacial score (nSPS) is 10.4. The van der Waals surface area contributed by atoms with Crippen molar-refractivity contribution in [2.24, 2.45) is 0 Å². The molecule has 0 fully saturated rings. The zero-order valence-electron chi connectivity index (χ0n) is 18.6. The first-order valence-electron chi connectivity index (χ1n) is 10.3. The molecular weight excluding hydrogens is 414 g/mol. The molecule has 3 N–H and O–H groups in total. The molecule has 1 aromatic heterocycles. The lowest BCUT2D eigenvalue weighted by Crippen LogP contribution is -2.03. The Morgan fingerprint density at radius 1 is 0.939 bits per heavy atom. The van der Waals surface area contributed by atoms with Crippen molar-refractivity contribution in [3.8, 4) is 34.6 Å². The van der Waals surface area contributed by atoms with Crippen LogP contribution < -0.4 is 20.5 Å². The van der Waals surface area contributed by atoms with Gasteiger partial charge < -0.3 is 20.5 Å². The lowest BCUT2D eigenvalue weighted by Gasteiger charge is -2.15. The van der Waals surface area contributed by atoms with Gasteiger partial charge in [-0.3, -0.25) is 0 Å². The zero-order chi connectivity index (χ0) is 23.4. The smallest absolute Gasteiger partial charge is 0.232 e. The Morgan fingerprint density at radius 2 is 1.64 bits per heavy atom. The van der Waals surface area contributed by atoms with Gasteiger partial charge in [0.2, 0.25) is 11.8 Å². The molecule has 0 spiro atoms. The Morgan fingerprint density at radius 3 is 2.30 bits per heavy atom. The van der Waals surface area contributed by atoms with Crippen LogP contribution in [0.1, 0.15) is 16.7 Å². The molecule has 3 aromatic carbocycles. The summed E-state index contributed by atoms with van der Waals surface area (Å²) in [4.78, 5) is 8.68. The van der Waals surface area contributed by atoms with Crippen molar-refractivity contribution in [1.29, 1.82) is 5.26 Å². The predicted octanol–water partition coefficient (Wildman–Crippen LogP) is 5.76. The fourth-order valence-corrected chi connectivity index (χ4v) is 3.56. The number of aryl methyl sites for hydroxylation is 2. The summed E-state index contributed by atoms with van der Waals surface area (Å²) in [6.07, 6.45) is 0. The number of anilines is 3. The van der Waals surface area contributed by atoms with E-state index in [1.165, 1.54) is 0 Å². The number of rotatable bonds is 6. The lowest BCUT2D eigenvalue weighted by atomic mass is 9.99. The lowest BCUT2D eigenvalue weighted by molar-refractivity contribution is 0.416. The minimum atomic E-state index is 0.275. The predicted molar refractivity (Wildman–Crippen MR) is 129 cm³/mol. The van der Waals surface area contributed by atoms with Crippen LogP contribution in [0.5, 0.6) is 17.4 Å². The maximum Gasteiger partial charge on any atom is 0.232 e. The summed E-state index contributed by atoms with van der Waals surface area (Å²) < 4.78 is 11.6. The summed E-state index contributed by atoms with van der Waals surface area (Å²) in [5, 5.41) is 12.0. The monoisotopic (exact) mass is 437 g/mol. The molecule has 0 aliphatic heterocycles. The average Bonchev–Trinajstić information content (AvgIpc) is 2.81. The SMILES string of the molecule is COc1ccccc1-c1cc(C)c(Oc2cc(N)nc(Nc3ccc(C#N)cc3)n2)c(C)c1. The van der Waals surface area contributed by atoms with Gasteiger partial charge in [0, 0.05) is 17.3 Å². The van der Waals surface area contributed by atoms with Crippen molar-refractivity contribution in [2.45, 2.75) is 13.8 Å². The van der Waals surface area contributed by atoms with Gasteiger partial charge in [0.25, 0.3) is 0 Å². The van der Waals surface area contributed by atoms with Gasteiger partial charge in [0.1, 0.15) is 17.3 Å². The molecule has 0 aliphatic carbocycles. The van der Waals surface area contributed by atoms with E-state index in [9.17, 15) is 0 Å². The van der Waals surface area contributed by atoms with Crippen molar-refractivity contribution in [2.75, 3.05) is 18.2 Å². The van der Waals surface area contributed by atoms with Crippen LogP contribution in [0.15, 0.2) is 66.7 Å².